The molecule has 1 aliphatic carbocycles. The summed E-state index contributed by atoms with van der Waals surface area (Å²) in [4.78, 5) is 18.8. The molecule has 0 radical (unpaired) electrons. The second-order valence-corrected chi connectivity index (χ2v) is 6.81. The summed E-state index contributed by atoms with van der Waals surface area (Å²) in [7, 11) is 0. The van der Waals surface area contributed by atoms with Crippen LogP contribution in [0.5, 0.6) is 0 Å². The first-order valence-corrected chi connectivity index (χ1v) is 8.59. The van der Waals surface area contributed by atoms with E-state index in [9.17, 15) is 4.79 Å². The van der Waals surface area contributed by atoms with E-state index in [2.05, 4.69) is 20.4 Å². The Morgan fingerprint density at radius 2 is 2.14 bits per heavy atom. The largest absolute Gasteiger partial charge is 0.360 e. The number of hydrogen-bond donors (Lipinski definition) is 1. The fourth-order valence-corrected chi connectivity index (χ4v) is 3.50. The second-order valence-electron chi connectivity index (χ2n) is 5.94. The molecule has 1 saturated carbocycles. The Morgan fingerprint density at radius 3 is 2.82 bits per heavy atom. The smallest absolute Gasteiger partial charge is 0.273 e. The van der Waals surface area contributed by atoms with Crippen molar-refractivity contribution in [1.29, 1.82) is 0 Å². The number of nitrogens with zero attached hydrogens (tertiary/aromatic N) is 3. The molecule has 0 unspecified atom stereocenters. The lowest BCUT2D eigenvalue weighted by Crippen LogP contribution is -2.44. The van der Waals surface area contributed by atoms with Crippen LogP contribution in [0, 0.1) is 0 Å². The predicted octanol–water partition coefficient (Wildman–Crippen LogP) is 2.41. The van der Waals surface area contributed by atoms with Crippen molar-refractivity contribution >= 4 is 22.4 Å². The van der Waals surface area contributed by atoms with Crippen LogP contribution in [-0.2, 0) is 0 Å². The van der Waals surface area contributed by atoms with Gasteiger partial charge in [-0.05, 0) is 25.7 Å². The number of aromatic nitrogens is 2. The number of piperidine rings is 1. The molecular formula is C15H18N4O2S. The number of amides is 1. The monoisotopic (exact) mass is 318 g/mol. The molecule has 1 aliphatic heterocycles. The van der Waals surface area contributed by atoms with Gasteiger partial charge in [0.2, 0.25) is 0 Å². The Balaban J connectivity index is 1.31. The molecule has 0 aromatic carbocycles. The summed E-state index contributed by atoms with van der Waals surface area (Å²) in [6.45, 7) is 1.84. The van der Waals surface area contributed by atoms with Crippen LogP contribution in [0.2, 0.25) is 0 Å². The first kappa shape index (κ1) is 13.8. The molecular weight excluding hydrogens is 300 g/mol. The van der Waals surface area contributed by atoms with Gasteiger partial charge in [0.15, 0.2) is 10.8 Å². The molecule has 116 valence electrons. The van der Waals surface area contributed by atoms with Gasteiger partial charge in [0.25, 0.3) is 5.91 Å². The summed E-state index contributed by atoms with van der Waals surface area (Å²) in [5.74, 6) is 1.21. The van der Waals surface area contributed by atoms with Crippen LogP contribution in [0.4, 0.5) is 5.13 Å². The van der Waals surface area contributed by atoms with E-state index in [1.165, 1.54) is 0 Å². The van der Waals surface area contributed by atoms with E-state index in [-0.39, 0.29) is 11.9 Å². The standard InChI is InChI=1S/C15H18N4O2S/c20-14(12-9-13(21-18-12)10-1-2-10)17-11-3-6-19(7-4-11)15-16-5-8-22-15/h5,8-11H,1-4,6-7H2,(H,17,20). The molecule has 2 aromatic rings. The van der Waals surface area contributed by atoms with Crippen molar-refractivity contribution in [2.45, 2.75) is 37.6 Å². The zero-order valence-electron chi connectivity index (χ0n) is 12.2. The van der Waals surface area contributed by atoms with Crippen LogP contribution >= 0.6 is 11.3 Å². The molecule has 2 fully saturated rings. The molecule has 0 atom stereocenters. The van der Waals surface area contributed by atoms with E-state index in [1.54, 1.807) is 17.4 Å². The van der Waals surface area contributed by atoms with Crippen molar-refractivity contribution in [3.05, 3.63) is 29.1 Å². The maximum absolute atomic E-state index is 12.2. The number of nitrogens with one attached hydrogen (secondary N) is 1. The maximum Gasteiger partial charge on any atom is 0.273 e. The van der Waals surface area contributed by atoms with Gasteiger partial charge in [-0.2, -0.15) is 0 Å². The van der Waals surface area contributed by atoms with Crippen molar-refractivity contribution in [2.24, 2.45) is 0 Å². The van der Waals surface area contributed by atoms with Gasteiger partial charge in [-0.25, -0.2) is 4.98 Å². The van der Waals surface area contributed by atoms with Gasteiger partial charge in [-0.1, -0.05) is 5.16 Å². The van der Waals surface area contributed by atoms with Gasteiger partial charge in [0.05, 0.1) is 0 Å². The maximum atomic E-state index is 12.2. The number of carbonyl (C=O) groups is 1. The summed E-state index contributed by atoms with van der Waals surface area (Å²) in [5.41, 5.74) is 0.407. The minimum absolute atomic E-state index is 0.122. The average molecular weight is 318 g/mol. The first-order chi connectivity index (χ1) is 10.8. The van der Waals surface area contributed by atoms with Crippen LogP contribution in [0.15, 0.2) is 22.2 Å². The highest BCUT2D eigenvalue weighted by Gasteiger charge is 2.29. The molecule has 22 heavy (non-hydrogen) atoms. The highest BCUT2D eigenvalue weighted by atomic mass is 32.1. The van der Waals surface area contributed by atoms with Gasteiger partial charge in [0.1, 0.15) is 5.76 Å². The quantitative estimate of drug-likeness (QED) is 0.937. The molecule has 0 bridgehead atoms. The molecule has 3 heterocycles. The third-order valence-corrected chi connectivity index (χ3v) is 5.09. The van der Waals surface area contributed by atoms with E-state index in [4.69, 9.17) is 4.52 Å². The zero-order valence-corrected chi connectivity index (χ0v) is 13.0. The SMILES string of the molecule is O=C(NC1CCN(c2nccs2)CC1)c1cc(C2CC2)on1. The summed E-state index contributed by atoms with van der Waals surface area (Å²) in [5, 5.41) is 10.0. The molecule has 4 rings (SSSR count). The summed E-state index contributed by atoms with van der Waals surface area (Å²) in [6, 6.07) is 1.99. The third-order valence-electron chi connectivity index (χ3n) is 4.26. The topological polar surface area (TPSA) is 71.3 Å². The van der Waals surface area contributed by atoms with Crippen molar-refractivity contribution in [1.82, 2.24) is 15.5 Å². The van der Waals surface area contributed by atoms with Crippen LogP contribution in [0.1, 0.15) is 47.8 Å². The summed E-state index contributed by atoms with van der Waals surface area (Å²) in [6.07, 6.45) is 5.98. The Labute approximate surface area is 132 Å². The predicted molar refractivity (Wildman–Crippen MR) is 83.3 cm³/mol. The van der Waals surface area contributed by atoms with E-state index in [0.29, 0.717) is 11.6 Å². The molecule has 6 nitrogen and oxygen atoms in total. The summed E-state index contributed by atoms with van der Waals surface area (Å²) < 4.78 is 5.24. The minimum Gasteiger partial charge on any atom is -0.360 e. The van der Waals surface area contributed by atoms with Crippen molar-refractivity contribution in [3.63, 3.8) is 0 Å². The van der Waals surface area contributed by atoms with Crippen LogP contribution < -0.4 is 10.2 Å². The van der Waals surface area contributed by atoms with Gasteiger partial charge >= 0.3 is 0 Å². The van der Waals surface area contributed by atoms with Gasteiger partial charge < -0.3 is 14.7 Å². The number of anilines is 1. The zero-order chi connectivity index (χ0) is 14.9. The molecule has 2 aromatic heterocycles. The molecule has 2 aliphatic rings. The third kappa shape index (κ3) is 2.85. The van der Waals surface area contributed by atoms with Gasteiger partial charge in [-0.3, -0.25) is 4.79 Å². The average Bonchev–Trinajstić information content (AvgIpc) is 3.05. The van der Waals surface area contributed by atoms with E-state index >= 15 is 0 Å². The normalized spacial score (nSPS) is 19.4. The van der Waals surface area contributed by atoms with Crippen molar-refractivity contribution in [3.8, 4) is 0 Å². The molecule has 0 spiro atoms. The fraction of sp³-hybridized carbons (Fsp3) is 0.533. The van der Waals surface area contributed by atoms with Crippen LogP contribution in [0.3, 0.4) is 0 Å². The molecule has 7 heteroatoms. The fourth-order valence-electron chi connectivity index (χ4n) is 2.80. The lowest BCUT2D eigenvalue weighted by atomic mass is 10.1. The first-order valence-electron chi connectivity index (χ1n) is 7.71. The number of hydrogen-bond acceptors (Lipinski definition) is 6. The Kier molecular flexibility index (Phi) is 3.57. The van der Waals surface area contributed by atoms with E-state index in [0.717, 1.165) is 49.7 Å². The lowest BCUT2D eigenvalue weighted by Gasteiger charge is -2.31. The summed E-state index contributed by atoms with van der Waals surface area (Å²) >= 11 is 1.66. The van der Waals surface area contributed by atoms with Crippen molar-refractivity contribution < 1.29 is 9.32 Å². The highest BCUT2D eigenvalue weighted by molar-refractivity contribution is 7.13. The second kappa shape index (κ2) is 5.72. The lowest BCUT2D eigenvalue weighted by molar-refractivity contribution is 0.0922. The number of rotatable bonds is 4. The molecule has 1 N–H and O–H groups in total. The Bertz CT molecular complexity index is 642. The Morgan fingerprint density at radius 1 is 1.32 bits per heavy atom. The van der Waals surface area contributed by atoms with E-state index < -0.39 is 0 Å². The molecule has 1 amide bonds. The van der Waals surface area contributed by atoms with Crippen LogP contribution in [-0.4, -0.2) is 35.2 Å². The van der Waals surface area contributed by atoms with Crippen LogP contribution in [0.25, 0.3) is 0 Å². The minimum atomic E-state index is -0.122. The highest BCUT2D eigenvalue weighted by Crippen LogP contribution is 2.40. The number of thiazole rings is 1. The number of carbonyl (C=O) groups excluding carboxylic acids is 1. The van der Waals surface area contributed by atoms with Gasteiger partial charge in [-0.15, -0.1) is 11.3 Å². The Hall–Kier alpha value is -1.89. The molecule has 1 saturated heterocycles. The van der Waals surface area contributed by atoms with E-state index in [1.807, 2.05) is 11.6 Å². The van der Waals surface area contributed by atoms with Gasteiger partial charge in [0, 0.05) is 42.7 Å². The van der Waals surface area contributed by atoms with Crippen molar-refractivity contribution in [2.75, 3.05) is 18.0 Å².